The second-order valence-electron chi connectivity index (χ2n) is 8.62. The zero-order valence-corrected chi connectivity index (χ0v) is 19.9. The Bertz CT molecular complexity index is 1280. The molecule has 182 valence electrons. The number of aliphatic carboxylic acids is 1. The number of carboxylic acids is 1. The number of oxime groups is 1. The van der Waals surface area contributed by atoms with Gasteiger partial charge in [0.25, 0.3) is 11.8 Å². The lowest BCUT2D eigenvalue weighted by molar-refractivity contribution is -0.594. The predicted octanol–water partition coefficient (Wildman–Crippen LogP) is 0.685. The quantitative estimate of drug-likeness (QED) is 0.230. The highest BCUT2D eigenvalue weighted by molar-refractivity contribution is 7.13. The molecule has 12 heteroatoms. The van der Waals surface area contributed by atoms with Crippen LogP contribution in [0.15, 0.2) is 34.6 Å². The molecule has 0 spiro atoms. The lowest BCUT2D eigenvalue weighted by Gasteiger charge is -2.48. The third kappa shape index (κ3) is 3.93. The van der Waals surface area contributed by atoms with Crippen LogP contribution in [0, 0.1) is 0 Å². The molecule has 0 radical (unpaired) electrons. The average Bonchev–Trinajstić information content (AvgIpc) is 3.29. The number of carbonyl (C=O) groups excluding carboxylic acids is 2. The number of rotatable bonds is 6. The minimum absolute atomic E-state index is 0.0289. The molecule has 0 unspecified atom stereocenters. The summed E-state index contributed by atoms with van der Waals surface area (Å²) in [4.78, 5) is 48.5. The normalized spacial score (nSPS) is 21.7. The molecular weight excluding hydrogens is 472 g/mol. The number of amides is 2. The molecule has 2 aromatic heterocycles. The molecule has 1 aliphatic carbocycles. The van der Waals surface area contributed by atoms with Crippen LogP contribution in [-0.2, 0) is 32.1 Å². The molecule has 0 bridgehead atoms. The molecule has 1 saturated heterocycles. The van der Waals surface area contributed by atoms with Crippen LogP contribution in [0.1, 0.15) is 42.6 Å². The van der Waals surface area contributed by atoms with Gasteiger partial charge < -0.3 is 21.0 Å². The number of aromatic nitrogens is 2. The van der Waals surface area contributed by atoms with E-state index in [1.165, 1.54) is 17.6 Å². The van der Waals surface area contributed by atoms with Crippen molar-refractivity contribution in [1.82, 2.24) is 15.2 Å². The molecule has 2 aromatic rings. The van der Waals surface area contributed by atoms with Crippen molar-refractivity contribution >= 4 is 45.7 Å². The molecule has 3 aliphatic rings. The minimum Gasteiger partial charge on any atom is -0.476 e. The molecule has 5 rings (SSSR count). The van der Waals surface area contributed by atoms with Crippen LogP contribution in [0.2, 0.25) is 0 Å². The number of β-lactam (4-membered cyclic amide) rings is 1. The van der Waals surface area contributed by atoms with Gasteiger partial charge in [0.1, 0.15) is 18.8 Å². The summed E-state index contributed by atoms with van der Waals surface area (Å²) in [6.45, 7) is 0. The van der Waals surface area contributed by atoms with Gasteiger partial charge in [0.05, 0.1) is 6.04 Å². The van der Waals surface area contributed by atoms with Gasteiger partial charge in [-0.3, -0.25) is 14.5 Å². The summed E-state index contributed by atoms with van der Waals surface area (Å²) < 4.78 is 1.95. The van der Waals surface area contributed by atoms with E-state index >= 15 is 0 Å². The van der Waals surface area contributed by atoms with Gasteiger partial charge in [0, 0.05) is 29.9 Å². The monoisotopic (exact) mass is 497 g/mol. The second-order valence-corrected chi connectivity index (χ2v) is 9.51. The van der Waals surface area contributed by atoms with E-state index in [0.717, 1.165) is 42.7 Å². The van der Waals surface area contributed by atoms with Gasteiger partial charge in [0.15, 0.2) is 28.4 Å². The van der Waals surface area contributed by atoms with Gasteiger partial charge in [-0.05, 0) is 31.7 Å². The van der Waals surface area contributed by atoms with Crippen LogP contribution in [0.25, 0.3) is 5.70 Å². The first-order valence-electron chi connectivity index (χ1n) is 11.4. The third-order valence-electron chi connectivity index (χ3n) is 6.66. The predicted molar refractivity (Wildman–Crippen MR) is 126 cm³/mol. The number of fused-ring (bicyclic) bond motifs is 2. The molecule has 2 aliphatic heterocycles. The van der Waals surface area contributed by atoms with Crippen molar-refractivity contribution in [3.63, 3.8) is 0 Å². The molecule has 2 atom stereocenters. The van der Waals surface area contributed by atoms with Gasteiger partial charge >= 0.3 is 5.97 Å². The molecule has 35 heavy (non-hydrogen) atoms. The Morgan fingerprint density at radius 1 is 1.34 bits per heavy atom. The maximum atomic E-state index is 13.1. The SMILES string of the molecule is CO/N=C(\C(=O)N[C@@H]1C(=O)N2C(C(=O)O)=C([n+]3cccc4c3CCCC4)CC[C@H]12)c1csc(N)n1. The van der Waals surface area contributed by atoms with Crippen molar-refractivity contribution in [1.29, 1.82) is 0 Å². The van der Waals surface area contributed by atoms with Crippen LogP contribution in [-0.4, -0.2) is 57.7 Å². The molecule has 11 nitrogen and oxygen atoms in total. The fourth-order valence-corrected chi connectivity index (χ4v) is 5.68. The van der Waals surface area contributed by atoms with Crippen LogP contribution < -0.4 is 15.6 Å². The number of hydrogen-bond acceptors (Lipinski definition) is 8. The average molecular weight is 498 g/mol. The van der Waals surface area contributed by atoms with Crippen LogP contribution >= 0.6 is 11.3 Å². The van der Waals surface area contributed by atoms with Crippen LogP contribution in [0.3, 0.4) is 0 Å². The first kappa shape index (κ1) is 23.0. The zero-order valence-electron chi connectivity index (χ0n) is 19.1. The summed E-state index contributed by atoms with van der Waals surface area (Å²) in [6, 6.07) is 2.66. The van der Waals surface area contributed by atoms with E-state index in [4.69, 9.17) is 10.6 Å². The van der Waals surface area contributed by atoms with E-state index in [2.05, 4.69) is 21.5 Å². The fourth-order valence-electron chi connectivity index (χ4n) is 5.13. The van der Waals surface area contributed by atoms with Gasteiger partial charge in [-0.2, -0.15) is 4.57 Å². The summed E-state index contributed by atoms with van der Waals surface area (Å²) in [6.07, 6.45) is 6.83. The van der Waals surface area contributed by atoms with E-state index in [9.17, 15) is 19.5 Å². The van der Waals surface area contributed by atoms with Crippen molar-refractivity contribution < 1.29 is 28.9 Å². The summed E-state index contributed by atoms with van der Waals surface area (Å²) in [5.74, 6) is -2.28. The van der Waals surface area contributed by atoms with Crippen LogP contribution in [0.4, 0.5) is 5.13 Å². The maximum absolute atomic E-state index is 13.1. The van der Waals surface area contributed by atoms with Gasteiger partial charge in [0.2, 0.25) is 5.70 Å². The number of anilines is 1. The number of hydrogen-bond donors (Lipinski definition) is 3. The number of allylic oxidation sites excluding steroid dienone is 1. The lowest BCUT2D eigenvalue weighted by Crippen LogP contribution is -2.72. The van der Waals surface area contributed by atoms with E-state index in [1.807, 2.05) is 16.8 Å². The highest BCUT2D eigenvalue weighted by Crippen LogP contribution is 2.37. The molecule has 4 N–H and O–H groups in total. The number of aryl methyl sites for hydroxylation is 1. The molecule has 1 fully saturated rings. The number of nitrogens with one attached hydrogen (secondary N) is 1. The lowest BCUT2D eigenvalue weighted by atomic mass is 9.84. The highest BCUT2D eigenvalue weighted by atomic mass is 32.1. The van der Waals surface area contributed by atoms with Crippen molar-refractivity contribution in [2.75, 3.05) is 12.8 Å². The van der Waals surface area contributed by atoms with Gasteiger partial charge in [-0.15, -0.1) is 11.3 Å². The molecule has 2 amide bonds. The Labute approximate surface area is 204 Å². The van der Waals surface area contributed by atoms with E-state index < -0.39 is 29.9 Å². The minimum atomic E-state index is -1.16. The highest BCUT2D eigenvalue weighted by Gasteiger charge is 2.55. The Morgan fingerprint density at radius 2 is 2.14 bits per heavy atom. The van der Waals surface area contributed by atoms with Gasteiger partial charge in [-0.25, -0.2) is 9.78 Å². The Balaban J connectivity index is 1.42. The summed E-state index contributed by atoms with van der Waals surface area (Å²) in [5.41, 5.74) is 8.68. The van der Waals surface area contributed by atoms with Crippen molar-refractivity contribution in [2.45, 2.75) is 50.6 Å². The number of carbonyl (C=O) groups is 3. The zero-order chi connectivity index (χ0) is 24.7. The van der Waals surface area contributed by atoms with Gasteiger partial charge in [-0.1, -0.05) is 5.16 Å². The Morgan fingerprint density at radius 3 is 2.86 bits per heavy atom. The first-order valence-corrected chi connectivity index (χ1v) is 12.2. The largest absolute Gasteiger partial charge is 0.476 e. The summed E-state index contributed by atoms with van der Waals surface area (Å²) in [7, 11) is 1.30. The first-order chi connectivity index (χ1) is 16.9. The van der Waals surface area contributed by atoms with E-state index in [-0.39, 0.29) is 22.2 Å². The number of nitrogen functional groups attached to an aromatic ring is 1. The number of pyridine rings is 1. The Hall–Kier alpha value is -3.80. The number of thiazole rings is 1. The molecular formula is C23H25N6O5S+. The third-order valence-corrected chi connectivity index (χ3v) is 7.33. The molecule has 0 saturated carbocycles. The second kappa shape index (κ2) is 9.10. The Kier molecular flexibility index (Phi) is 5.97. The van der Waals surface area contributed by atoms with Crippen molar-refractivity contribution in [2.24, 2.45) is 5.16 Å². The van der Waals surface area contributed by atoms with E-state index in [1.54, 1.807) is 5.38 Å². The summed E-state index contributed by atoms with van der Waals surface area (Å²) in [5, 5.41) is 18.3. The standard InChI is InChI=1S/C23H24N6O5S/c1-34-27-17(13-11-35-23(24)25-13)20(30)26-18-15-8-9-16(19(22(32)33)29(15)21(18)31)28-10-4-6-12-5-2-3-7-14(12)28/h4,6,10-11,15,18H,2-3,5,7-9H2,1H3,(H3-,24,25,26,30,32,33)/p+1/b27-17-/t15-,18+/m1/s1. The summed E-state index contributed by atoms with van der Waals surface area (Å²) >= 11 is 1.15. The maximum Gasteiger partial charge on any atom is 0.359 e. The molecule has 0 aromatic carbocycles. The number of carboxylic acid groups (broad SMARTS) is 1. The van der Waals surface area contributed by atoms with Crippen molar-refractivity contribution in [3.8, 4) is 0 Å². The van der Waals surface area contributed by atoms with Crippen LogP contribution in [0.5, 0.6) is 0 Å². The fraction of sp³-hybridized carbons (Fsp3) is 0.391. The molecule has 4 heterocycles. The number of nitrogens with zero attached hydrogens (tertiary/aromatic N) is 4. The number of nitrogens with two attached hydrogens (primary N) is 1. The van der Waals surface area contributed by atoms with Crippen molar-refractivity contribution in [3.05, 3.63) is 46.4 Å². The smallest absolute Gasteiger partial charge is 0.359 e. The topological polar surface area (TPSA) is 151 Å². The van der Waals surface area contributed by atoms with E-state index in [0.29, 0.717) is 18.5 Å².